The van der Waals surface area contributed by atoms with Crippen molar-refractivity contribution >= 4 is 15.7 Å². The maximum atomic E-state index is 12.9. The number of rotatable bonds is 5. The van der Waals surface area contributed by atoms with E-state index in [1.807, 2.05) is 6.92 Å². The molecule has 0 atom stereocenters. The highest BCUT2D eigenvalue weighted by atomic mass is 32.2. The minimum Gasteiger partial charge on any atom is -0.494 e. The van der Waals surface area contributed by atoms with Gasteiger partial charge in [-0.25, -0.2) is 12.8 Å². The molecular formula is C15H16FNO3S. The standard InChI is InChI=1S/C15H16FNO3S/c1-3-20-14-8-6-13(7-9-14)17(2)21(18,19)15-10-4-12(16)5-11-15/h4-11H,3H2,1-2H3. The van der Waals surface area contributed by atoms with Crippen molar-refractivity contribution in [2.24, 2.45) is 0 Å². The number of anilines is 1. The third kappa shape index (κ3) is 3.33. The molecule has 0 N–H and O–H groups in total. The highest BCUT2D eigenvalue weighted by Crippen LogP contribution is 2.24. The van der Waals surface area contributed by atoms with E-state index in [9.17, 15) is 12.8 Å². The van der Waals surface area contributed by atoms with Gasteiger partial charge < -0.3 is 4.74 Å². The van der Waals surface area contributed by atoms with Gasteiger partial charge in [0.15, 0.2) is 0 Å². The third-order valence-corrected chi connectivity index (χ3v) is 4.78. The predicted molar refractivity (Wildman–Crippen MR) is 79.6 cm³/mol. The van der Waals surface area contributed by atoms with Crippen LogP contribution in [0.15, 0.2) is 53.4 Å². The summed E-state index contributed by atoms with van der Waals surface area (Å²) in [5.74, 6) is 0.200. The molecule has 2 aromatic rings. The van der Waals surface area contributed by atoms with Crippen LogP contribution in [0.5, 0.6) is 5.75 Å². The zero-order valence-electron chi connectivity index (χ0n) is 11.8. The van der Waals surface area contributed by atoms with Gasteiger partial charge in [0.1, 0.15) is 11.6 Å². The van der Waals surface area contributed by atoms with E-state index in [1.165, 1.54) is 19.2 Å². The first kappa shape index (κ1) is 15.3. The molecule has 0 unspecified atom stereocenters. The number of hydrogen-bond donors (Lipinski definition) is 0. The van der Waals surface area contributed by atoms with E-state index in [2.05, 4.69) is 0 Å². The Bertz CT molecular complexity index is 697. The second kappa shape index (κ2) is 6.13. The summed E-state index contributed by atoms with van der Waals surface area (Å²) >= 11 is 0. The van der Waals surface area contributed by atoms with Crippen molar-refractivity contribution < 1.29 is 17.5 Å². The summed E-state index contributed by atoms with van der Waals surface area (Å²) in [5, 5.41) is 0. The van der Waals surface area contributed by atoms with Crippen LogP contribution < -0.4 is 9.04 Å². The maximum absolute atomic E-state index is 12.9. The van der Waals surface area contributed by atoms with Gasteiger partial charge in [-0.05, 0) is 55.5 Å². The van der Waals surface area contributed by atoms with E-state index >= 15 is 0 Å². The van der Waals surface area contributed by atoms with E-state index < -0.39 is 15.8 Å². The van der Waals surface area contributed by atoms with Gasteiger partial charge in [0, 0.05) is 7.05 Å². The molecule has 4 nitrogen and oxygen atoms in total. The molecule has 0 heterocycles. The van der Waals surface area contributed by atoms with E-state index in [-0.39, 0.29) is 4.90 Å². The van der Waals surface area contributed by atoms with Gasteiger partial charge in [-0.2, -0.15) is 0 Å². The Labute approximate surface area is 123 Å². The molecule has 0 aromatic heterocycles. The van der Waals surface area contributed by atoms with Crippen LogP contribution in [-0.4, -0.2) is 22.1 Å². The number of nitrogens with zero attached hydrogens (tertiary/aromatic N) is 1. The van der Waals surface area contributed by atoms with Gasteiger partial charge in [-0.15, -0.1) is 0 Å². The lowest BCUT2D eigenvalue weighted by Gasteiger charge is -2.19. The van der Waals surface area contributed by atoms with Crippen LogP contribution in [0.4, 0.5) is 10.1 Å². The van der Waals surface area contributed by atoms with E-state index in [0.717, 1.165) is 16.4 Å². The molecule has 0 saturated heterocycles. The van der Waals surface area contributed by atoms with Crippen LogP contribution in [0.1, 0.15) is 6.92 Å². The van der Waals surface area contributed by atoms with Gasteiger partial charge in [-0.3, -0.25) is 4.31 Å². The Kier molecular flexibility index (Phi) is 4.47. The zero-order valence-corrected chi connectivity index (χ0v) is 12.6. The quantitative estimate of drug-likeness (QED) is 0.853. The average Bonchev–Trinajstić information content (AvgIpc) is 2.48. The molecule has 0 aliphatic carbocycles. The number of hydrogen-bond acceptors (Lipinski definition) is 3. The molecule has 2 rings (SSSR count). The summed E-state index contributed by atoms with van der Waals surface area (Å²) in [5.41, 5.74) is 0.503. The second-order valence-electron chi connectivity index (χ2n) is 4.35. The fraction of sp³-hybridized carbons (Fsp3) is 0.200. The summed E-state index contributed by atoms with van der Waals surface area (Å²) in [6, 6.07) is 11.5. The summed E-state index contributed by atoms with van der Waals surface area (Å²) < 4.78 is 44.2. The summed E-state index contributed by atoms with van der Waals surface area (Å²) in [6.45, 7) is 2.42. The zero-order chi connectivity index (χ0) is 15.5. The Balaban J connectivity index is 2.29. The molecule has 0 fully saturated rings. The monoisotopic (exact) mass is 309 g/mol. The van der Waals surface area contributed by atoms with Crippen molar-refractivity contribution in [2.75, 3.05) is 18.0 Å². The molecule has 0 bridgehead atoms. The van der Waals surface area contributed by atoms with Crippen molar-refractivity contribution in [3.05, 3.63) is 54.3 Å². The van der Waals surface area contributed by atoms with Crippen molar-refractivity contribution in [3.63, 3.8) is 0 Å². The van der Waals surface area contributed by atoms with Gasteiger partial charge in [0.2, 0.25) is 0 Å². The van der Waals surface area contributed by atoms with E-state index in [0.29, 0.717) is 18.0 Å². The molecule has 0 saturated carbocycles. The minimum atomic E-state index is -3.71. The first-order valence-electron chi connectivity index (χ1n) is 6.42. The molecule has 0 spiro atoms. The number of ether oxygens (including phenoxy) is 1. The predicted octanol–water partition coefficient (Wildman–Crippen LogP) is 3.05. The molecule has 0 aliphatic rings. The van der Waals surface area contributed by atoms with Crippen LogP contribution in [-0.2, 0) is 10.0 Å². The molecule has 0 radical (unpaired) electrons. The van der Waals surface area contributed by atoms with Crippen LogP contribution in [0.25, 0.3) is 0 Å². The first-order valence-corrected chi connectivity index (χ1v) is 7.86. The van der Waals surface area contributed by atoms with Gasteiger partial charge in [0.25, 0.3) is 10.0 Å². The normalized spacial score (nSPS) is 11.2. The highest BCUT2D eigenvalue weighted by Gasteiger charge is 2.21. The first-order chi connectivity index (χ1) is 9.95. The van der Waals surface area contributed by atoms with Crippen molar-refractivity contribution in [1.29, 1.82) is 0 Å². The topological polar surface area (TPSA) is 46.6 Å². The molecule has 6 heteroatoms. The fourth-order valence-electron chi connectivity index (χ4n) is 1.82. The SMILES string of the molecule is CCOc1ccc(N(C)S(=O)(=O)c2ccc(F)cc2)cc1. The third-order valence-electron chi connectivity index (χ3n) is 2.98. The van der Waals surface area contributed by atoms with Crippen LogP contribution in [0.2, 0.25) is 0 Å². The molecule has 21 heavy (non-hydrogen) atoms. The lowest BCUT2D eigenvalue weighted by atomic mass is 10.3. The van der Waals surface area contributed by atoms with Crippen molar-refractivity contribution in [1.82, 2.24) is 0 Å². The number of halogens is 1. The van der Waals surface area contributed by atoms with Crippen LogP contribution in [0.3, 0.4) is 0 Å². The number of benzene rings is 2. The molecule has 0 amide bonds. The molecule has 0 aliphatic heterocycles. The van der Waals surface area contributed by atoms with Gasteiger partial charge in [0.05, 0.1) is 17.2 Å². The Morgan fingerprint density at radius 3 is 2.14 bits per heavy atom. The summed E-state index contributed by atoms with van der Waals surface area (Å²) in [6.07, 6.45) is 0. The Morgan fingerprint density at radius 1 is 1.05 bits per heavy atom. The summed E-state index contributed by atoms with van der Waals surface area (Å²) in [7, 11) is -2.26. The van der Waals surface area contributed by atoms with E-state index in [4.69, 9.17) is 4.74 Å². The lowest BCUT2D eigenvalue weighted by Crippen LogP contribution is -2.26. The second-order valence-corrected chi connectivity index (χ2v) is 6.32. The van der Waals surface area contributed by atoms with Gasteiger partial charge in [-0.1, -0.05) is 0 Å². The molecular weight excluding hydrogens is 293 g/mol. The van der Waals surface area contributed by atoms with Crippen molar-refractivity contribution in [2.45, 2.75) is 11.8 Å². The molecule has 112 valence electrons. The maximum Gasteiger partial charge on any atom is 0.264 e. The summed E-state index contributed by atoms with van der Waals surface area (Å²) in [4.78, 5) is 0.0419. The van der Waals surface area contributed by atoms with E-state index in [1.54, 1.807) is 24.3 Å². The fourth-order valence-corrected chi connectivity index (χ4v) is 3.02. The van der Waals surface area contributed by atoms with Crippen LogP contribution >= 0.6 is 0 Å². The minimum absolute atomic E-state index is 0.0419. The van der Waals surface area contributed by atoms with Crippen LogP contribution in [0, 0.1) is 5.82 Å². The van der Waals surface area contributed by atoms with Gasteiger partial charge >= 0.3 is 0 Å². The van der Waals surface area contributed by atoms with Crippen molar-refractivity contribution in [3.8, 4) is 5.75 Å². The average molecular weight is 309 g/mol. The highest BCUT2D eigenvalue weighted by molar-refractivity contribution is 7.92. The largest absolute Gasteiger partial charge is 0.494 e. The molecule has 2 aromatic carbocycles. The Morgan fingerprint density at radius 2 is 1.62 bits per heavy atom. The Hall–Kier alpha value is -2.08. The smallest absolute Gasteiger partial charge is 0.264 e. The lowest BCUT2D eigenvalue weighted by molar-refractivity contribution is 0.340. The number of sulfonamides is 1.